The van der Waals surface area contributed by atoms with Gasteiger partial charge in [-0.15, -0.1) is 0 Å². The van der Waals surface area contributed by atoms with Crippen LogP contribution in [0.25, 0.3) is 0 Å². The van der Waals surface area contributed by atoms with E-state index in [1.807, 2.05) is 56.6 Å². The van der Waals surface area contributed by atoms with Gasteiger partial charge in [0.1, 0.15) is 5.92 Å². The van der Waals surface area contributed by atoms with Gasteiger partial charge in [-0.25, -0.2) is 4.79 Å². The molecule has 5 rings (SSSR count). The molecule has 0 bridgehead atoms. The number of carbonyl (C=O) groups excluding carboxylic acids is 2. The Morgan fingerprint density at radius 2 is 1.77 bits per heavy atom. The van der Waals surface area contributed by atoms with Crippen molar-refractivity contribution >= 4 is 29.0 Å². The number of anilines is 1. The maximum atomic E-state index is 13.2. The second kappa shape index (κ2) is 9.23. The van der Waals surface area contributed by atoms with Gasteiger partial charge in [-0.05, 0) is 67.7 Å². The first-order valence-electron chi connectivity index (χ1n) is 11.2. The van der Waals surface area contributed by atoms with E-state index in [1.165, 1.54) is 7.11 Å². The van der Waals surface area contributed by atoms with Crippen molar-refractivity contribution in [2.24, 2.45) is 4.99 Å². The lowest BCUT2D eigenvalue weighted by Gasteiger charge is -2.15. The van der Waals surface area contributed by atoms with Crippen LogP contribution in [0.5, 0.6) is 11.5 Å². The highest BCUT2D eigenvalue weighted by Gasteiger charge is 2.36. The van der Waals surface area contributed by atoms with Crippen molar-refractivity contribution < 1.29 is 23.8 Å². The number of aliphatic imine (C=N–C) groups is 1. The normalized spacial score (nSPS) is 16.3. The molecule has 1 atom stereocenters. The predicted octanol–water partition coefficient (Wildman–Crippen LogP) is 4.12. The van der Waals surface area contributed by atoms with Crippen LogP contribution in [0, 0.1) is 0 Å². The quantitative estimate of drug-likeness (QED) is 0.430. The number of nitrogens with one attached hydrogen (secondary N) is 1. The molecule has 8 nitrogen and oxygen atoms in total. The summed E-state index contributed by atoms with van der Waals surface area (Å²) in [4.78, 5) is 32.2. The molecule has 2 aliphatic heterocycles. The molecule has 0 saturated heterocycles. The summed E-state index contributed by atoms with van der Waals surface area (Å²) < 4.78 is 15.8. The predicted molar refractivity (Wildman–Crippen MR) is 132 cm³/mol. The topological polar surface area (TPSA) is 89.5 Å². The van der Waals surface area contributed by atoms with Crippen LogP contribution in [0.1, 0.15) is 33.0 Å². The molecular weight excluding hydrogens is 446 g/mol. The molecule has 3 aromatic rings. The van der Waals surface area contributed by atoms with E-state index < -0.39 is 11.9 Å². The fourth-order valence-corrected chi connectivity index (χ4v) is 4.31. The van der Waals surface area contributed by atoms with E-state index in [-0.39, 0.29) is 12.7 Å². The van der Waals surface area contributed by atoms with Crippen molar-refractivity contribution in [2.75, 3.05) is 33.3 Å². The Bertz CT molecular complexity index is 1330. The fourth-order valence-electron chi connectivity index (χ4n) is 4.31. The number of methoxy groups -OCH3 is 1. The van der Waals surface area contributed by atoms with Gasteiger partial charge in [0.05, 0.1) is 24.1 Å². The molecule has 2 heterocycles. The monoisotopic (exact) mass is 471 g/mol. The molecule has 0 aromatic heterocycles. The summed E-state index contributed by atoms with van der Waals surface area (Å²) in [6.45, 7) is 0.974. The number of benzene rings is 3. The summed E-state index contributed by atoms with van der Waals surface area (Å²) >= 11 is 0. The Balaban J connectivity index is 1.59. The van der Waals surface area contributed by atoms with Gasteiger partial charge in [0.15, 0.2) is 11.5 Å². The highest BCUT2D eigenvalue weighted by molar-refractivity contribution is 6.24. The Labute approximate surface area is 203 Å². The van der Waals surface area contributed by atoms with Crippen molar-refractivity contribution in [1.82, 2.24) is 4.90 Å². The number of ether oxygens (including phenoxy) is 3. The Morgan fingerprint density at radius 1 is 1.03 bits per heavy atom. The standard InChI is InChI=1S/C27H25N3O5/c1-30(2)14-16-4-8-19(9-5-16)28-25(17-7-11-22-23(13-17)35-15-34-22)24-20-10-6-18(27(32)33-3)12-21(20)29-26(24)31/h4-13,24H,14-15H2,1-3H3,(H,29,31). The number of amides is 1. The van der Waals surface area contributed by atoms with Crippen molar-refractivity contribution in [3.8, 4) is 11.5 Å². The van der Waals surface area contributed by atoms with Crippen LogP contribution < -0.4 is 14.8 Å². The van der Waals surface area contributed by atoms with Crippen LogP contribution >= 0.6 is 0 Å². The van der Waals surface area contributed by atoms with Gasteiger partial charge in [0.25, 0.3) is 0 Å². The lowest BCUT2D eigenvalue weighted by Crippen LogP contribution is -2.22. The van der Waals surface area contributed by atoms with E-state index in [1.54, 1.807) is 18.2 Å². The summed E-state index contributed by atoms with van der Waals surface area (Å²) in [5.41, 5.74) is 4.89. The van der Waals surface area contributed by atoms with Crippen LogP contribution in [0.2, 0.25) is 0 Å². The molecular formula is C27H25N3O5. The molecule has 0 saturated carbocycles. The average Bonchev–Trinajstić information content (AvgIpc) is 3.45. The fraction of sp³-hybridized carbons (Fsp3) is 0.222. The molecule has 8 heteroatoms. The van der Waals surface area contributed by atoms with Gasteiger partial charge in [-0.2, -0.15) is 0 Å². The summed E-state index contributed by atoms with van der Waals surface area (Å²) in [6, 6.07) is 18.5. The van der Waals surface area contributed by atoms with Gasteiger partial charge in [0.2, 0.25) is 12.7 Å². The van der Waals surface area contributed by atoms with Gasteiger partial charge in [-0.1, -0.05) is 18.2 Å². The van der Waals surface area contributed by atoms with Crippen LogP contribution in [0.3, 0.4) is 0 Å². The van der Waals surface area contributed by atoms with Gasteiger partial charge >= 0.3 is 5.97 Å². The lowest BCUT2D eigenvalue weighted by molar-refractivity contribution is -0.115. The SMILES string of the molecule is COC(=O)c1ccc2c(c1)NC(=O)C2C(=Nc1ccc(CN(C)C)cc1)c1ccc2c(c1)OCO2. The average molecular weight is 472 g/mol. The summed E-state index contributed by atoms with van der Waals surface area (Å²) in [5.74, 6) is -0.0921. The zero-order valence-electron chi connectivity index (χ0n) is 19.7. The van der Waals surface area contributed by atoms with E-state index in [9.17, 15) is 9.59 Å². The van der Waals surface area contributed by atoms with Gasteiger partial charge < -0.3 is 24.4 Å². The zero-order chi connectivity index (χ0) is 24.5. The van der Waals surface area contributed by atoms with E-state index in [4.69, 9.17) is 19.2 Å². The van der Waals surface area contributed by atoms with Crippen molar-refractivity contribution in [1.29, 1.82) is 0 Å². The molecule has 0 aliphatic carbocycles. The van der Waals surface area contributed by atoms with Crippen molar-refractivity contribution in [3.63, 3.8) is 0 Å². The molecule has 0 radical (unpaired) electrons. The van der Waals surface area contributed by atoms with E-state index in [2.05, 4.69) is 10.2 Å². The van der Waals surface area contributed by atoms with Gasteiger partial charge in [-0.3, -0.25) is 9.79 Å². The second-order valence-electron chi connectivity index (χ2n) is 8.69. The van der Waals surface area contributed by atoms with E-state index in [0.717, 1.165) is 28.9 Å². The van der Waals surface area contributed by atoms with E-state index >= 15 is 0 Å². The molecule has 1 N–H and O–H groups in total. The zero-order valence-corrected chi connectivity index (χ0v) is 19.7. The largest absolute Gasteiger partial charge is 0.465 e. The Morgan fingerprint density at radius 3 is 2.51 bits per heavy atom. The molecule has 178 valence electrons. The maximum absolute atomic E-state index is 13.2. The minimum Gasteiger partial charge on any atom is -0.465 e. The first kappa shape index (κ1) is 22.6. The van der Waals surface area contributed by atoms with Crippen LogP contribution in [-0.4, -0.2) is 50.5 Å². The van der Waals surface area contributed by atoms with Gasteiger partial charge in [0, 0.05) is 17.8 Å². The molecule has 35 heavy (non-hydrogen) atoms. The molecule has 1 unspecified atom stereocenters. The molecule has 1 amide bonds. The first-order valence-corrected chi connectivity index (χ1v) is 11.2. The summed E-state index contributed by atoms with van der Waals surface area (Å²) in [5, 5.41) is 2.90. The molecule has 2 aliphatic rings. The number of fused-ring (bicyclic) bond motifs is 2. The molecule has 0 spiro atoms. The summed E-state index contributed by atoms with van der Waals surface area (Å²) in [7, 11) is 5.36. The molecule has 3 aromatic carbocycles. The second-order valence-corrected chi connectivity index (χ2v) is 8.69. The lowest BCUT2D eigenvalue weighted by atomic mass is 9.90. The Kier molecular flexibility index (Phi) is 5.96. The maximum Gasteiger partial charge on any atom is 0.337 e. The third kappa shape index (κ3) is 4.48. The minimum atomic E-state index is -0.668. The number of hydrogen-bond acceptors (Lipinski definition) is 7. The number of carbonyl (C=O) groups is 2. The highest BCUT2D eigenvalue weighted by atomic mass is 16.7. The van der Waals surface area contributed by atoms with Crippen LogP contribution in [-0.2, 0) is 16.1 Å². The third-order valence-corrected chi connectivity index (χ3v) is 5.93. The number of hydrogen-bond donors (Lipinski definition) is 1. The van der Waals surface area contributed by atoms with Crippen molar-refractivity contribution in [3.05, 3.63) is 82.9 Å². The smallest absolute Gasteiger partial charge is 0.337 e. The highest BCUT2D eigenvalue weighted by Crippen LogP contribution is 2.39. The minimum absolute atomic E-state index is 0.154. The summed E-state index contributed by atoms with van der Waals surface area (Å²) in [6.07, 6.45) is 0. The van der Waals surface area contributed by atoms with Crippen LogP contribution in [0.4, 0.5) is 11.4 Å². The number of rotatable bonds is 6. The Hall–Kier alpha value is -4.17. The third-order valence-electron chi connectivity index (χ3n) is 5.93. The van der Waals surface area contributed by atoms with E-state index in [0.29, 0.717) is 28.5 Å². The molecule has 0 fully saturated rings. The number of nitrogens with zero attached hydrogens (tertiary/aromatic N) is 2. The number of esters is 1. The van der Waals surface area contributed by atoms with Crippen LogP contribution in [0.15, 0.2) is 65.7 Å². The van der Waals surface area contributed by atoms with Crippen molar-refractivity contribution in [2.45, 2.75) is 12.5 Å². The first-order chi connectivity index (χ1) is 16.9.